The number of ether oxygens (including phenoxy) is 1. The molecule has 0 spiro atoms. The largest absolute Gasteiger partial charge is 0.481 e. The zero-order chi connectivity index (χ0) is 28.1. The predicted octanol–water partition coefficient (Wildman–Crippen LogP) is 2.99. The Morgan fingerprint density at radius 2 is 1.77 bits per heavy atom. The maximum absolute atomic E-state index is 13.2. The number of aromatic nitrogens is 3. The minimum Gasteiger partial charge on any atom is -0.481 e. The molecule has 0 bridgehead atoms. The molecule has 3 aromatic rings. The van der Waals surface area contributed by atoms with Crippen molar-refractivity contribution in [3.8, 4) is 11.3 Å². The first-order valence-electron chi connectivity index (χ1n) is 13.6. The molecule has 1 aliphatic heterocycles. The molecule has 2 atom stereocenters. The van der Waals surface area contributed by atoms with E-state index in [2.05, 4.69) is 20.3 Å². The predicted molar refractivity (Wildman–Crippen MR) is 149 cm³/mol. The number of anilines is 2. The summed E-state index contributed by atoms with van der Waals surface area (Å²) >= 11 is 0. The van der Waals surface area contributed by atoms with Crippen LogP contribution >= 0.6 is 0 Å². The molecule has 11 heteroatoms. The lowest BCUT2D eigenvalue weighted by molar-refractivity contribution is -0.141. The Kier molecular flexibility index (Phi) is 8.40. The van der Waals surface area contributed by atoms with Crippen LogP contribution in [0.15, 0.2) is 54.7 Å². The van der Waals surface area contributed by atoms with Crippen LogP contribution in [0.2, 0.25) is 0 Å². The van der Waals surface area contributed by atoms with E-state index in [0.29, 0.717) is 75.7 Å². The normalized spacial score (nSPS) is 19.0. The van der Waals surface area contributed by atoms with Crippen LogP contribution in [-0.2, 0) is 20.9 Å². The summed E-state index contributed by atoms with van der Waals surface area (Å²) < 4.78 is 6.84. The van der Waals surface area contributed by atoms with Crippen LogP contribution in [0, 0.1) is 11.8 Å². The molecule has 2 amide bonds. The van der Waals surface area contributed by atoms with E-state index in [-0.39, 0.29) is 17.7 Å². The van der Waals surface area contributed by atoms with Gasteiger partial charge >= 0.3 is 5.97 Å². The number of pyridine rings is 1. The van der Waals surface area contributed by atoms with E-state index in [1.54, 1.807) is 24.1 Å². The lowest BCUT2D eigenvalue weighted by Crippen LogP contribution is -2.50. The van der Waals surface area contributed by atoms with E-state index in [1.807, 2.05) is 47.4 Å². The Hall–Kier alpha value is -4.25. The van der Waals surface area contributed by atoms with Crippen molar-refractivity contribution in [1.82, 2.24) is 19.7 Å². The molecular formula is C29H34N6O5. The van der Waals surface area contributed by atoms with Gasteiger partial charge in [0, 0.05) is 44.8 Å². The van der Waals surface area contributed by atoms with Gasteiger partial charge < -0.3 is 25.0 Å². The summed E-state index contributed by atoms with van der Waals surface area (Å²) in [5.74, 6) is -0.856. The molecule has 2 unspecified atom stereocenters. The van der Waals surface area contributed by atoms with Crippen molar-refractivity contribution >= 4 is 29.3 Å². The Morgan fingerprint density at radius 1 is 1.02 bits per heavy atom. The van der Waals surface area contributed by atoms with Crippen molar-refractivity contribution in [2.45, 2.75) is 25.8 Å². The number of hydrogen-bond acceptors (Lipinski definition) is 7. The number of benzene rings is 1. The van der Waals surface area contributed by atoms with Gasteiger partial charge in [-0.05, 0) is 37.5 Å². The second kappa shape index (κ2) is 12.3. The molecule has 2 aromatic heterocycles. The molecule has 2 aliphatic rings. The first-order valence-corrected chi connectivity index (χ1v) is 13.6. The minimum atomic E-state index is -0.806. The van der Waals surface area contributed by atoms with Crippen LogP contribution in [0.5, 0.6) is 0 Å². The average Bonchev–Trinajstić information content (AvgIpc) is 3.65. The van der Waals surface area contributed by atoms with Gasteiger partial charge in [0.1, 0.15) is 11.5 Å². The number of carbonyl (C=O) groups excluding carboxylic acids is 2. The van der Waals surface area contributed by atoms with Gasteiger partial charge in [-0.3, -0.25) is 19.1 Å². The fraction of sp³-hybridized carbons (Fsp3) is 0.414. The van der Waals surface area contributed by atoms with E-state index in [0.717, 1.165) is 11.4 Å². The van der Waals surface area contributed by atoms with E-state index in [9.17, 15) is 19.5 Å². The fourth-order valence-electron chi connectivity index (χ4n) is 5.38. The average molecular weight is 547 g/mol. The van der Waals surface area contributed by atoms with Crippen LogP contribution in [0.3, 0.4) is 0 Å². The fourth-order valence-corrected chi connectivity index (χ4v) is 5.38. The molecule has 11 nitrogen and oxygen atoms in total. The van der Waals surface area contributed by atoms with Crippen molar-refractivity contribution in [2.75, 3.05) is 50.1 Å². The summed E-state index contributed by atoms with van der Waals surface area (Å²) in [6.07, 6.45) is 3.28. The van der Waals surface area contributed by atoms with Gasteiger partial charge in [-0.2, -0.15) is 5.10 Å². The maximum Gasteiger partial charge on any atom is 0.306 e. The van der Waals surface area contributed by atoms with Gasteiger partial charge in [0.2, 0.25) is 5.91 Å². The van der Waals surface area contributed by atoms with E-state index >= 15 is 0 Å². The van der Waals surface area contributed by atoms with Crippen molar-refractivity contribution in [3.63, 3.8) is 0 Å². The van der Waals surface area contributed by atoms with Crippen LogP contribution in [-0.4, -0.2) is 82.5 Å². The Bertz CT molecular complexity index is 1330. The molecule has 1 aromatic carbocycles. The quantitative estimate of drug-likeness (QED) is 0.419. The van der Waals surface area contributed by atoms with Gasteiger partial charge in [-0.15, -0.1) is 0 Å². The van der Waals surface area contributed by atoms with Crippen molar-refractivity contribution < 1.29 is 24.2 Å². The highest BCUT2D eigenvalue weighted by atomic mass is 16.5. The second-order valence-corrected chi connectivity index (χ2v) is 10.2. The molecule has 2 fully saturated rings. The molecular weight excluding hydrogens is 512 g/mol. The third-order valence-electron chi connectivity index (χ3n) is 7.64. The number of hydrogen-bond donors (Lipinski definition) is 2. The summed E-state index contributed by atoms with van der Waals surface area (Å²) in [5.41, 5.74) is 2.63. The van der Waals surface area contributed by atoms with E-state index < -0.39 is 11.9 Å². The summed E-state index contributed by atoms with van der Waals surface area (Å²) in [5, 5.41) is 16.8. The van der Waals surface area contributed by atoms with E-state index in [4.69, 9.17) is 4.74 Å². The zero-order valence-electron chi connectivity index (χ0n) is 22.5. The zero-order valence-corrected chi connectivity index (χ0v) is 22.5. The number of carboxylic acid groups (broad SMARTS) is 1. The van der Waals surface area contributed by atoms with Gasteiger partial charge in [0.25, 0.3) is 5.91 Å². The summed E-state index contributed by atoms with van der Waals surface area (Å²) in [4.78, 5) is 45.8. The monoisotopic (exact) mass is 546 g/mol. The molecule has 1 saturated heterocycles. The number of amides is 2. The van der Waals surface area contributed by atoms with Gasteiger partial charge in [0.15, 0.2) is 0 Å². The second-order valence-electron chi connectivity index (χ2n) is 10.2. The maximum atomic E-state index is 13.2. The number of nitrogens with zero attached hydrogens (tertiary/aromatic N) is 5. The molecule has 3 heterocycles. The van der Waals surface area contributed by atoms with Gasteiger partial charge in [-0.1, -0.05) is 30.3 Å². The van der Waals surface area contributed by atoms with Crippen molar-refractivity contribution in [1.29, 1.82) is 0 Å². The highest BCUT2D eigenvalue weighted by molar-refractivity contribution is 6.03. The summed E-state index contributed by atoms with van der Waals surface area (Å²) in [7, 11) is 1.61. The number of nitrogens with one attached hydrogen (secondary N) is 1. The number of rotatable bonds is 9. The number of piperazine rings is 1. The number of aliphatic carboxylic acids is 1. The third kappa shape index (κ3) is 6.15. The summed E-state index contributed by atoms with van der Waals surface area (Å²) in [6.45, 7) is 3.29. The molecule has 40 heavy (non-hydrogen) atoms. The van der Waals surface area contributed by atoms with Crippen LogP contribution < -0.4 is 10.2 Å². The molecule has 1 saturated carbocycles. The Morgan fingerprint density at radius 3 is 2.42 bits per heavy atom. The minimum absolute atomic E-state index is 0.0644. The Labute approximate surface area is 232 Å². The van der Waals surface area contributed by atoms with Crippen LogP contribution in [0.25, 0.3) is 11.3 Å². The first-order chi connectivity index (χ1) is 19.4. The molecule has 0 radical (unpaired) electrons. The smallest absolute Gasteiger partial charge is 0.306 e. The third-order valence-corrected chi connectivity index (χ3v) is 7.64. The van der Waals surface area contributed by atoms with Gasteiger partial charge in [-0.25, -0.2) is 4.98 Å². The molecule has 1 aliphatic carbocycles. The highest BCUT2D eigenvalue weighted by Crippen LogP contribution is 2.32. The Balaban J connectivity index is 1.18. The van der Waals surface area contributed by atoms with Gasteiger partial charge in [0.05, 0.1) is 36.6 Å². The first kappa shape index (κ1) is 27.3. The topological polar surface area (TPSA) is 130 Å². The van der Waals surface area contributed by atoms with Crippen molar-refractivity contribution in [2.24, 2.45) is 11.8 Å². The van der Waals surface area contributed by atoms with E-state index in [1.165, 1.54) is 0 Å². The SMILES string of the molecule is COCCn1nc(-c2ccccc2)cc1C(=O)Nc1ccc(N2CCN(C(=O)C3CCC(C(=O)O)C3)CC2)nc1. The molecule has 210 valence electrons. The molecule has 5 rings (SSSR count). The standard InChI is InChI=1S/C29H34N6O5/c1-40-16-15-35-25(18-24(32-35)20-5-3-2-4-6-20)27(36)31-23-9-10-26(30-19-23)33-11-13-34(14-12-33)28(37)21-7-8-22(17-21)29(38)39/h2-6,9-10,18-19,21-22H,7-8,11-17H2,1H3,(H,31,36)(H,38,39). The lowest BCUT2D eigenvalue weighted by atomic mass is 10.0. The lowest BCUT2D eigenvalue weighted by Gasteiger charge is -2.36. The summed E-state index contributed by atoms with van der Waals surface area (Å²) in [6, 6.07) is 15.1. The highest BCUT2D eigenvalue weighted by Gasteiger charge is 2.36. The number of carbonyl (C=O) groups is 3. The number of methoxy groups -OCH3 is 1. The number of carboxylic acids is 1. The van der Waals surface area contributed by atoms with Crippen LogP contribution in [0.1, 0.15) is 29.8 Å². The van der Waals surface area contributed by atoms with Crippen LogP contribution in [0.4, 0.5) is 11.5 Å². The molecule has 2 N–H and O–H groups in total. The van der Waals surface area contributed by atoms with Crippen molar-refractivity contribution in [3.05, 3.63) is 60.4 Å².